The van der Waals surface area contributed by atoms with Crippen LogP contribution < -0.4 is 10.2 Å². The summed E-state index contributed by atoms with van der Waals surface area (Å²) in [6, 6.07) is 0.198. The molecule has 0 bridgehead atoms. The van der Waals surface area contributed by atoms with Crippen LogP contribution in [0.4, 0.5) is 0 Å². The van der Waals surface area contributed by atoms with E-state index >= 15 is 0 Å². The second-order valence-electron chi connectivity index (χ2n) is 6.31. The molecule has 1 N–H and O–H groups in total. The van der Waals surface area contributed by atoms with Gasteiger partial charge in [0.15, 0.2) is 6.61 Å². The molecule has 6 nitrogen and oxygen atoms in total. The molecule has 24 heavy (non-hydrogen) atoms. The monoisotopic (exact) mass is 354 g/mol. The van der Waals surface area contributed by atoms with Gasteiger partial charge in [0.1, 0.15) is 0 Å². The van der Waals surface area contributed by atoms with Gasteiger partial charge in [-0.2, -0.15) is 0 Å². The number of carbonyl (C=O) groups is 2. The smallest absolute Gasteiger partial charge is 0.308 e. The first-order valence-corrected chi connectivity index (χ1v) is 9.54. The number of aryl methyl sites for hydroxylation is 1. The molecule has 1 aliphatic rings. The van der Waals surface area contributed by atoms with Crippen molar-refractivity contribution in [1.29, 1.82) is 0 Å². The van der Waals surface area contributed by atoms with E-state index in [0.29, 0.717) is 0 Å². The summed E-state index contributed by atoms with van der Waals surface area (Å²) >= 11 is 1.11. The van der Waals surface area contributed by atoms with Crippen LogP contribution in [0.5, 0.6) is 0 Å². The van der Waals surface area contributed by atoms with E-state index in [9.17, 15) is 14.4 Å². The van der Waals surface area contributed by atoms with Crippen molar-refractivity contribution in [3.63, 3.8) is 0 Å². The minimum Gasteiger partial charge on any atom is -0.456 e. The van der Waals surface area contributed by atoms with Gasteiger partial charge in [-0.25, -0.2) is 0 Å². The second-order valence-corrected chi connectivity index (χ2v) is 7.14. The summed E-state index contributed by atoms with van der Waals surface area (Å²) in [4.78, 5) is 35.1. The number of hydrogen-bond donors (Lipinski definition) is 1. The maximum Gasteiger partial charge on any atom is 0.308 e. The highest BCUT2D eigenvalue weighted by Gasteiger charge is 2.15. The van der Waals surface area contributed by atoms with Crippen molar-refractivity contribution in [1.82, 2.24) is 9.88 Å². The quantitative estimate of drug-likeness (QED) is 0.796. The standard InChI is InChI=1S/C17H26N2O4S/c1-13-12-24-17(22)19(13)10-9-16(21)23-11-15(20)18-14-7-5-3-2-4-6-8-14/h12,14H,2-11H2,1H3,(H,18,20). The average molecular weight is 354 g/mol. The normalized spacial score (nSPS) is 16.2. The van der Waals surface area contributed by atoms with Crippen molar-refractivity contribution in [3.05, 3.63) is 20.7 Å². The zero-order valence-corrected chi connectivity index (χ0v) is 15.0. The number of rotatable bonds is 6. The van der Waals surface area contributed by atoms with E-state index in [-0.39, 0.29) is 36.4 Å². The predicted molar refractivity (Wildman–Crippen MR) is 93.1 cm³/mol. The Labute approximate surface area is 146 Å². The van der Waals surface area contributed by atoms with Crippen molar-refractivity contribution in [3.8, 4) is 0 Å². The van der Waals surface area contributed by atoms with Gasteiger partial charge in [-0.1, -0.05) is 43.4 Å². The maximum atomic E-state index is 11.9. The lowest BCUT2D eigenvalue weighted by Crippen LogP contribution is -2.38. The fourth-order valence-corrected chi connectivity index (χ4v) is 3.73. The Balaban J connectivity index is 1.67. The molecule has 0 atom stereocenters. The van der Waals surface area contributed by atoms with E-state index in [1.54, 1.807) is 9.95 Å². The number of amides is 1. The van der Waals surface area contributed by atoms with Gasteiger partial charge in [0.25, 0.3) is 5.91 Å². The molecule has 1 aromatic rings. The highest BCUT2D eigenvalue weighted by Crippen LogP contribution is 2.16. The van der Waals surface area contributed by atoms with Crippen LogP contribution in [0, 0.1) is 6.92 Å². The fraction of sp³-hybridized carbons (Fsp3) is 0.706. The number of carbonyl (C=O) groups excluding carboxylic acids is 2. The average Bonchev–Trinajstić information content (AvgIpc) is 2.84. The zero-order valence-electron chi connectivity index (χ0n) is 14.2. The van der Waals surface area contributed by atoms with Crippen molar-refractivity contribution < 1.29 is 14.3 Å². The predicted octanol–water partition coefficient (Wildman–Crippen LogP) is 2.38. The van der Waals surface area contributed by atoms with Crippen molar-refractivity contribution in [2.75, 3.05) is 6.61 Å². The molecule has 1 aliphatic carbocycles. The minimum atomic E-state index is -0.458. The summed E-state index contributed by atoms with van der Waals surface area (Å²) in [5.74, 6) is -0.696. The van der Waals surface area contributed by atoms with E-state index in [1.165, 1.54) is 19.3 Å². The fourth-order valence-electron chi connectivity index (χ4n) is 2.97. The van der Waals surface area contributed by atoms with Gasteiger partial charge in [0, 0.05) is 23.7 Å². The maximum absolute atomic E-state index is 11.9. The van der Waals surface area contributed by atoms with Gasteiger partial charge in [-0.05, 0) is 19.8 Å². The molecule has 1 fully saturated rings. The molecule has 0 aromatic carbocycles. The van der Waals surface area contributed by atoms with Crippen molar-refractivity contribution in [2.45, 2.75) is 70.9 Å². The molecule has 2 rings (SSSR count). The number of esters is 1. The van der Waals surface area contributed by atoms with E-state index in [4.69, 9.17) is 4.74 Å². The highest BCUT2D eigenvalue weighted by atomic mass is 32.1. The van der Waals surface area contributed by atoms with Crippen LogP contribution >= 0.6 is 11.3 Å². The number of ether oxygens (including phenoxy) is 1. The third-order valence-corrected chi connectivity index (χ3v) is 5.23. The first-order chi connectivity index (χ1) is 11.6. The summed E-state index contributed by atoms with van der Waals surface area (Å²) < 4.78 is 6.56. The summed E-state index contributed by atoms with van der Waals surface area (Å²) in [6.45, 7) is 1.87. The summed E-state index contributed by atoms with van der Waals surface area (Å²) in [6.07, 6.45) is 8.10. The lowest BCUT2D eigenvalue weighted by Gasteiger charge is -2.20. The van der Waals surface area contributed by atoms with Crippen LogP contribution in [0.15, 0.2) is 10.2 Å². The number of hydrogen-bond acceptors (Lipinski definition) is 5. The zero-order chi connectivity index (χ0) is 17.4. The van der Waals surface area contributed by atoms with Gasteiger partial charge in [-0.3, -0.25) is 14.4 Å². The van der Waals surface area contributed by atoms with Crippen LogP contribution in [-0.2, 0) is 20.9 Å². The topological polar surface area (TPSA) is 77.4 Å². The molecule has 1 aromatic heterocycles. The molecule has 134 valence electrons. The van der Waals surface area contributed by atoms with E-state index in [0.717, 1.165) is 42.7 Å². The van der Waals surface area contributed by atoms with E-state index < -0.39 is 5.97 Å². The van der Waals surface area contributed by atoms with E-state index in [2.05, 4.69) is 5.32 Å². The number of nitrogens with zero attached hydrogens (tertiary/aromatic N) is 1. The van der Waals surface area contributed by atoms with Crippen molar-refractivity contribution >= 4 is 23.2 Å². The van der Waals surface area contributed by atoms with Gasteiger partial charge < -0.3 is 14.6 Å². The minimum absolute atomic E-state index is 0.0812. The first kappa shape index (κ1) is 18.7. The summed E-state index contributed by atoms with van der Waals surface area (Å²) in [7, 11) is 0. The Morgan fingerprint density at radius 2 is 1.92 bits per heavy atom. The molecule has 7 heteroatoms. The molecule has 1 saturated carbocycles. The lowest BCUT2D eigenvalue weighted by molar-refractivity contribution is -0.149. The highest BCUT2D eigenvalue weighted by molar-refractivity contribution is 7.07. The largest absolute Gasteiger partial charge is 0.456 e. The molecule has 0 saturated heterocycles. The first-order valence-electron chi connectivity index (χ1n) is 8.66. The molecule has 1 heterocycles. The molecular weight excluding hydrogens is 328 g/mol. The molecule has 0 unspecified atom stereocenters. The Kier molecular flexibility index (Phi) is 7.49. The summed E-state index contributed by atoms with van der Waals surface area (Å²) in [5, 5.41) is 4.72. The molecule has 0 spiro atoms. The van der Waals surface area contributed by atoms with E-state index in [1.807, 2.05) is 6.92 Å². The molecule has 0 radical (unpaired) electrons. The van der Waals surface area contributed by atoms with Crippen LogP contribution in [0.1, 0.15) is 57.1 Å². The molecular formula is C17H26N2O4S. The van der Waals surface area contributed by atoms with Crippen molar-refractivity contribution in [2.24, 2.45) is 0 Å². The van der Waals surface area contributed by atoms with Crippen LogP contribution in [0.2, 0.25) is 0 Å². The van der Waals surface area contributed by atoms with Gasteiger partial charge in [-0.15, -0.1) is 0 Å². The molecule has 1 amide bonds. The van der Waals surface area contributed by atoms with Crippen LogP contribution in [0.25, 0.3) is 0 Å². The Morgan fingerprint density at radius 1 is 1.25 bits per heavy atom. The molecule has 0 aliphatic heterocycles. The lowest BCUT2D eigenvalue weighted by atomic mass is 9.97. The third-order valence-electron chi connectivity index (χ3n) is 4.35. The SMILES string of the molecule is Cc1csc(=O)n1CCC(=O)OCC(=O)NC1CCCCCCC1. The van der Waals surface area contributed by atoms with Gasteiger partial charge in [0.05, 0.1) is 6.42 Å². The number of thiazole rings is 1. The second kappa shape index (κ2) is 9.61. The Bertz CT molecular complexity index is 600. The third kappa shape index (κ3) is 6.11. The van der Waals surface area contributed by atoms with Gasteiger partial charge >= 0.3 is 10.8 Å². The van der Waals surface area contributed by atoms with Crippen LogP contribution in [-0.4, -0.2) is 29.1 Å². The summed E-state index contributed by atoms with van der Waals surface area (Å²) in [5.41, 5.74) is 0.833. The Hall–Kier alpha value is -1.63. The Morgan fingerprint density at radius 3 is 2.54 bits per heavy atom. The number of aromatic nitrogens is 1. The van der Waals surface area contributed by atoms with Gasteiger partial charge in [0.2, 0.25) is 0 Å². The van der Waals surface area contributed by atoms with Crippen LogP contribution in [0.3, 0.4) is 0 Å². The number of nitrogens with one attached hydrogen (secondary N) is 1.